The van der Waals surface area contributed by atoms with E-state index in [0.717, 1.165) is 24.2 Å². The van der Waals surface area contributed by atoms with Gasteiger partial charge >= 0.3 is 56.3 Å². The molecular formula is C46H87AlBNO12Si4. The first-order chi connectivity index (χ1) is 28.3. The maximum absolute atomic E-state index is 13.3. The summed E-state index contributed by atoms with van der Waals surface area (Å²) in [7, 11) is -5.33. The van der Waals surface area contributed by atoms with E-state index in [1.54, 1.807) is 50.7 Å². The van der Waals surface area contributed by atoms with Crippen LogP contribution in [0.2, 0.25) is 103 Å². The van der Waals surface area contributed by atoms with Gasteiger partial charge in [-0.2, -0.15) is 0 Å². The van der Waals surface area contributed by atoms with Crippen molar-refractivity contribution in [1.29, 1.82) is 4.35 Å². The number of ether oxygens (including phenoxy) is 6. The summed E-state index contributed by atoms with van der Waals surface area (Å²) < 4.78 is 37.8. The third kappa shape index (κ3) is 24.4. The number of carbonyl (C=O) groups excluding carboxylic acids is 6. The summed E-state index contributed by atoms with van der Waals surface area (Å²) in [4.78, 5) is 72.6. The third-order valence-corrected chi connectivity index (χ3v) is 17.4. The Morgan fingerprint density at radius 3 is 1.14 bits per heavy atom. The van der Waals surface area contributed by atoms with Gasteiger partial charge in [0, 0.05) is 62.7 Å². The van der Waals surface area contributed by atoms with E-state index in [4.69, 9.17) is 32.8 Å². The Bertz CT molecular complexity index is 1640. The van der Waals surface area contributed by atoms with E-state index in [9.17, 15) is 28.8 Å². The molecule has 2 rings (SSSR count). The predicted molar refractivity (Wildman–Crippen MR) is 273 cm³/mol. The van der Waals surface area contributed by atoms with Gasteiger partial charge in [-0.25, -0.2) is 19.2 Å². The van der Waals surface area contributed by atoms with Crippen LogP contribution >= 0.6 is 0 Å². The second-order valence-electron chi connectivity index (χ2n) is 24.7. The van der Waals surface area contributed by atoms with E-state index in [2.05, 4.69) is 91.7 Å². The molecule has 65 heavy (non-hydrogen) atoms. The third-order valence-electron chi connectivity index (χ3n) is 10.7. The molecule has 1 N–H and O–H groups in total. The van der Waals surface area contributed by atoms with Crippen molar-refractivity contribution in [2.45, 2.75) is 196 Å². The molecule has 2 saturated heterocycles. The van der Waals surface area contributed by atoms with Crippen LogP contribution in [0.4, 0.5) is 0 Å². The Kier molecular flexibility index (Phi) is 26.5. The number of cyclic esters (lactones) is 2. The van der Waals surface area contributed by atoms with Gasteiger partial charge in [-0.3, -0.25) is 9.59 Å². The molecule has 2 unspecified atom stereocenters. The van der Waals surface area contributed by atoms with Crippen LogP contribution in [0.25, 0.3) is 0 Å². The van der Waals surface area contributed by atoms with E-state index in [-0.39, 0.29) is 45.4 Å². The summed E-state index contributed by atoms with van der Waals surface area (Å²) in [5.41, 5.74) is -2.60. The van der Waals surface area contributed by atoms with Gasteiger partial charge in [-0.05, 0) is 65.7 Å². The van der Waals surface area contributed by atoms with Crippen LogP contribution in [-0.4, -0.2) is 130 Å². The zero-order chi connectivity index (χ0) is 51.4. The van der Waals surface area contributed by atoms with Crippen molar-refractivity contribution < 1.29 is 57.2 Å². The van der Waals surface area contributed by atoms with Gasteiger partial charge in [0.15, 0.2) is 0 Å². The standard InChI is InChI=1S/C23H44O6Si2.C13H28O2Si2.C10H14O4.Al.B.HN/c1-21(2)15-27-18(24)17(21)29-20(26)23(5,6)22(3,4)19(25)28-16(13-30(7,8)9)14-31(10,11)12;1-11(2)13(14)15-12(9-16(3,4)5)10-17(6,7)8;1-6(2)8(11)14-7-9(12)13-5-10(7,3)4;;;/h16-17H,13-15H2,1-12H3;12H,1,9-10H2,2-8H3;7H,1,5H2,2-4H3;;;1H. The van der Waals surface area contributed by atoms with E-state index < -0.39 is 96.0 Å². The van der Waals surface area contributed by atoms with Gasteiger partial charge < -0.3 is 28.4 Å². The molecule has 0 spiro atoms. The molecule has 2 atom stereocenters. The minimum absolute atomic E-state index is 0. The Labute approximate surface area is 407 Å². The molecule has 0 bridgehead atoms. The van der Waals surface area contributed by atoms with Gasteiger partial charge in [0.2, 0.25) is 12.2 Å². The summed E-state index contributed by atoms with van der Waals surface area (Å²) >= 11 is 1.67. The molecule has 2 aliphatic rings. The quantitative estimate of drug-likeness (QED) is 0.0631. The molecule has 2 heterocycles. The van der Waals surface area contributed by atoms with Crippen molar-refractivity contribution in [2.75, 3.05) is 13.2 Å². The van der Waals surface area contributed by atoms with Gasteiger partial charge in [0.05, 0.1) is 23.0 Å². The fourth-order valence-electron chi connectivity index (χ4n) is 6.44. The van der Waals surface area contributed by atoms with Gasteiger partial charge in [-0.15, -0.1) is 0 Å². The Balaban J connectivity index is -0.000000952. The zero-order valence-corrected chi connectivity index (χ0v) is 49.7. The number of rotatable bonds is 17. The Morgan fingerprint density at radius 2 is 0.877 bits per heavy atom. The van der Waals surface area contributed by atoms with E-state index >= 15 is 0 Å². The number of hydrogen-bond acceptors (Lipinski definition) is 13. The van der Waals surface area contributed by atoms with Crippen molar-refractivity contribution in [1.82, 2.24) is 0 Å². The van der Waals surface area contributed by atoms with Crippen LogP contribution in [0, 0.1) is 26.0 Å². The minimum atomic E-state index is -1.46. The van der Waals surface area contributed by atoms with E-state index in [1.165, 1.54) is 6.92 Å². The second-order valence-corrected chi connectivity index (χ2v) is 46.8. The summed E-state index contributed by atoms with van der Waals surface area (Å²) in [6, 6.07) is 3.89. The summed E-state index contributed by atoms with van der Waals surface area (Å²) in [5.74, 6) is -2.81. The molecule has 0 aromatic heterocycles. The van der Waals surface area contributed by atoms with Crippen LogP contribution in [0.3, 0.4) is 0 Å². The first-order valence-corrected chi connectivity index (χ1v) is 37.5. The zero-order valence-electron chi connectivity index (χ0n) is 44.5. The van der Waals surface area contributed by atoms with Gasteiger partial charge in [0.1, 0.15) is 13.2 Å². The fraction of sp³-hybridized carbons (Fsp3) is 0.783. The SMILES string of the molecule is C=C(C)C(=O)OC(C[Si](C)(C)C)C[Si](C)(C)C.C=C(C)C(=O)OC1C(=O)OCC1(C)C.CC1(C)COC(=O)C1OC(=O)C(C)(C)C(C)(C)C(=O)OC(C[Si](C)(C)C)C[Si](C)(C)C.[B].[NH]=[Al]. The summed E-state index contributed by atoms with van der Waals surface area (Å²) in [5, 5.41) is 0. The second kappa shape index (κ2) is 25.8. The molecular weight excluding hydrogens is 909 g/mol. The first-order valence-electron chi connectivity index (χ1n) is 22.1. The van der Waals surface area contributed by atoms with E-state index in [1.807, 2.05) is 27.7 Å². The van der Waals surface area contributed by atoms with Crippen LogP contribution in [-0.2, 0) is 57.2 Å². The number of nitrogens with one attached hydrogen (secondary N) is 1. The Morgan fingerprint density at radius 1 is 0.600 bits per heavy atom. The van der Waals surface area contributed by atoms with Gasteiger partial charge in [-0.1, -0.05) is 119 Å². The topological polar surface area (TPSA) is 182 Å². The average Bonchev–Trinajstić information content (AvgIpc) is 3.49. The molecule has 370 valence electrons. The molecule has 0 saturated carbocycles. The van der Waals surface area contributed by atoms with Crippen LogP contribution in [0.15, 0.2) is 24.3 Å². The maximum atomic E-state index is 13.3. The fourth-order valence-corrected chi connectivity index (χ4v) is 13.4. The van der Waals surface area contributed by atoms with Crippen molar-refractivity contribution >= 4 is 92.6 Å². The summed E-state index contributed by atoms with van der Waals surface area (Å²) in [6.45, 7) is 52.4. The predicted octanol–water partition coefficient (Wildman–Crippen LogP) is 9.87. The molecule has 19 heteroatoms. The average molecular weight is 996 g/mol. The molecule has 0 aromatic carbocycles. The molecule has 2 aliphatic heterocycles. The number of hydrogen-bond donors (Lipinski definition) is 1. The molecule has 13 nitrogen and oxygen atoms in total. The number of esters is 6. The van der Waals surface area contributed by atoms with E-state index in [0.29, 0.717) is 5.57 Å². The van der Waals surface area contributed by atoms with Crippen molar-refractivity contribution in [2.24, 2.45) is 21.7 Å². The van der Waals surface area contributed by atoms with Crippen molar-refractivity contribution in [3.05, 3.63) is 24.3 Å². The normalized spacial score (nSPS) is 18.1. The molecule has 0 aliphatic carbocycles. The Hall–Kier alpha value is -2.44. The molecule has 0 aromatic rings. The monoisotopic (exact) mass is 996 g/mol. The van der Waals surface area contributed by atoms with Crippen molar-refractivity contribution in [3.63, 3.8) is 0 Å². The molecule has 2 fully saturated rings. The molecule has 0 amide bonds. The summed E-state index contributed by atoms with van der Waals surface area (Å²) in [6.07, 6.45) is -1.83. The van der Waals surface area contributed by atoms with Gasteiger partial charge in [0.25, 0.3) is 0 Å². The van der Waals surface area contributed by atoms with Crippen LogP contribution in [0.5, 0.6) is 0 Å². The van der Waals surface area contributed by atoms with Crippen molar-refractivity contribution in [3.8, 4) is 0 Å². The van der Waals surface area contributed by atoms with Crippen LogP contribution in [0.1, 0.15) is 69.2 Å². The first kappa shape index (κ1) is 66.8. The molecule has 4 radical (unpaired) electrons. The number of carbonyl (C=O) groups is 6. The van der Waals surface area contributed by atoms with Crippen LogP contribution < -0.4 is 0 Å².